The quantitative estimate of drug-likeness (QED) is 0.409. The summed E-state index contributed by atoms with van der Waals surface area (Å²) in [6.07, 6.45) is 4.99. The minimum atomic E-state index is -1.68. The van der Waals surface area contributed by atoms with Gasteiger partial charge in [-0.05, 0) is 47.4 Å². The number of pyridine rings is 2. The van der Waals surface area contributed by atoms with Gasteiger partial charge in [-0.1, -0.05) is 13.8 Å². The predicted molar refractivity (Wildman–Crippen MR) is 132 cm³/mol. The Morgan fingerprint density at radius 3 is 2.69 bits per heavy atom. The molecule has 10 heteroatoms. The number of fused-ring (bicyclic) bond motifs is 2. The van der Waals surface area contributed by atoms with Crippen molar-refractivity contribution in [1.29, 1.82) is 0 Å². The van der Waals surface area contributed by atoms with Crippen LogP contribution in [-0.4, -0.2) is 52.9 Å². The van der Waals surface area contributed by atoms with Crippen LogP contribution in [0.5, 0.6) is 5.75 Å². The highest BCUT2D eigenvalue weighted by atomic mass is 19.1. The molecule has 3 aromatic heterocycles. The molecule has 0 saturated heterocycles. The molecule has 5 rings (SSSR count). The third kappa shape index (κ3) is 3.96. The van der Waals surface area contributed by atoms with Crippen molar-refractivity contribution in [2.75, 3.05) is 6.61 Å². The number of benzene rings is 1. The maximum atomic E-state index is 15.7. The molecule has 1 aliphatic rings. The van der Waals surface area contributed by atoms with Gasteiger partial charge in [0.25, 0.3) is 5.91 Å². The van der Waals surface area contributed by atoms with Gasteiger partial charge in [-0.3, -0.25) is 14.5 Å². The summed E-state index contributed by atoms with van der Waals surface area (Å²) in [6, 6.07) is 8.24. The average Bonchev–Trinajstić information content (AvgIpc) is 3.29. The molecule has 0 unspecified atom stereocenters. The lowest BCUT2D eigenvalue weighted by atomic mass is 9.59. The van der Waals surface area contributed by atoms with E-state index in [4.69, 9.17) is 20.4 Å². The van der Waals surface area contributed by atoms with Crippen molar-refractivity contribution < 1.29 is 13.9 Å². The van der Waals surface area contributed by atoms with Crippen LogP contribution in [0.1, 0.15) is 35.5 Å². The Balaban J connectivity index is 1.59. The molecule has 172 valence electrons. The second-order valence-corrected chi connectivity index (χ2v) is 9.15. The van der Waals surface area contributed by atoms with E-state index in [1.807, 2.05) is 26.1 Å². The number of aromatic nitrogens is 4. The van der Waals surface area contributed by atoms with Crippen LogP contribution in [-0.2, 0) is 18.9 Å². The molecule has 0 N–H and O–H groups in total. The molecule has 4 aromatic rings. The van der Waals surface area contributed by atoms with Crippen LogP contribution in [0.15, 0.2) is 48.9 Å². The highest BCUT2D eigenvalue weighted by molar-refractivity contribution is 6.42. The van der Waals surface area contributed by atoms with Gasteiger partial charge in [-0.15, -0.1) is 0 Å². The van der Waals surface area contributed by atoms with E-state index >= 15 is 4.39 Å². The van der Waals surface area contributed by atoms with Crippen LogP contribution >= 0.6 is 0 Å². The lowest BCUT2D eigenvalue weighted by Gasteiger charge is -2.33. The Bertz CT molecular complexity index is 1450. The summed E-state index contributed by atoms with van der Waals surface area (Å²) in [5.74, 6) is -0.439. The number of halogens is 1. The van der Waals surface area contributed by atoms with Crippen LogP contribution < -0.4 is 4.74 Å². The molecule has 0 spiro atoms. The summed E-state index contributed by atoms with van der Waals surface area (Å²) in [7, 11) is 14.4. The SMILES string of the molecule is [B]C1([B])c2ncccc2C(=O)N1Cc1c(F)cc(-c2ccnc3nn(C)cc23)cc1OCC(C)C. The summed E-state index contributed by atoms with van der Waals surface area (Å²) in [4.78, 5) is 22.8. The molecule has 7 nitrogen and oxygen atoms in total. The molecule has 35 heavy (non-hydrogen) atoms. The first-order chi connectivity index (χ1) is 16.7. The van der Waals surface area contributed by atoms with Gasteiger partial charge in [0, 0.05) is 41.9 Å². The number of aryl methyl sites for hydroxylation is 1. The maximum Gasteiger partial charge on any atom is 0.255 e. The van der Waals surface area contributed by atoms with Crippen molar-refractivity contribution in [3.05, 3.63) is 71.6 Å². The minimum Gasteiger partial charge on any atom is -0.493 e. The first-order valence-corrected chi connectivity index (χ1v) is 11.3. The van der Waals surface area contributed by atoms with Crippen molar-refractivity contribution >= 4 is 32.6 Å². The minimum absolute atomic E-state index is 0.180. The summed E-state index contributed by atoms with van der Waals surface area (Å²) < 4.78 is 23.4. The Labute approximate surface area is 205 Å². The lowest BCUT2D eigenvalue weighted by molar-refractivity contribution is 0.0727. The molecule has 0 aliphatic carbocycles. The van der Waals surface area contributed by atoms with E-state index in [1.54, 1.807) is 36.1 Å². The van der Waals surface area contributed by atoms with E-state index in [1.165, 1.54) is 17.2 Å². The summed E-state index contributed by atoms with van der Waals surface area (Å²) in [6.45, 7) is 4.18. The molecule has 0 fully saturated rings. The number of amides is 1. The van der Waals surface area contributed by atoms with Gasteiger partial charge in [0.1, 0.15) is 11.6 Å². The number of carbonyl (C=O) groups is 1. The molecule has 1 amide bonds. The molecule has 4 heterocycles. The fraction of sp³-hybridized carbons (Fsp3) is 0.280. The number of rotatable bonds is 6. The van der Waals surface area contributed by atoms with E-state index < -0.39 is 17.1 Å². The number of hydrogen-bond acceptors (Lipinski definition) is 5. The molecule has 1 aromatic carbocycles. The fourth-order valence-electron chi connectivity index (χ4n) is 4.29. The zero-order valence-corrected chi connectivity index (χ0v) is 19.7. The van der Waals surface area contributed by atoms with E-state index in [0.717, 1.165) is 10.9 Å². The van der Waals surface area contributed by atoms with Gasteiger partial charge in [0.2, 0.25) is 0 Å². The average molecular weight is 465 g/mol. The van der Waals surface area contributed by atoms with Gasteiger partial charge >= 0.3 is 0 Å². The van der Waals surface area contributed by atoms with Crippen molar-refractivity contribution in [2.45, 2.75) is 25.7 Å². The van der Waals surface area contributed by atoms with E-state index in [9.17, 15) is 4.79 Å². The highest BCUT2D eigenvalue weighted by Gasteiger charge is 2.43. The Kier molecular flexibility index (Phi) is 5.62. The summed E-state index contributed by atoms with van der Waals surface area (Å²) >= 11 is 0. The third-order valence-electron chi connectivity index (χ3n) is 6.00. The predicted octanol–water partition coefficient (Wildman–Crippen LogP) is 3.31. The van der Waals surface area contributed by atoms with Crippen LogP contribution in [0, 0.1) is 11.7 Å². The van der Waals surface area contributed by atoms with Crippen molar-refractivity contribution in [1.82, 2.24) is 24.6 Å². The zero-order chi connectivity index (χ0) is 24.9. The normalized spacial score (nSPS) is 14.7. The van der Waals surface area contributed by atoms with Gasteiger partial charge in [0.15, 0.2) is 5.65 Å². The second-order valence-electron chi connectivity index (χ2n) is 9.15. The van der Waals surface area contributed by atoms with Crippen LogP contribution in [0.25, 0.3) is 22.2 Å². The molecule has 0 saturated carbocycles. The van der Waals surface area contributed by atoms with Crippen molar-refractivity contribution in [2.24, 2.45) is 13.0 Å². The fourth-order valence-corrected chi connectivity index (χ4v) is 4.29. The molecular formula is C25H22B2FN5O2. The van der Waals surface area contributed by atoms with Gasteiger partial charge in [0.05, 0.1) is 40.1 Å². The Morgan fingerprint density at radius 2 is 1.94 bits per heavy atom. The smallest absolute Gasteiger partial charge is 0.255 e. The number of ether oxygens (including phenoxy) is 1. The van der Waals surface area contributed by atoms with E-state index in [2.05, 4.69) is 15.1 Å². The van der Waals surface area contributed by atoms with Gasteiger partial charge in [-0.2, -0.15) is 5.10 Å². The first kappa shape index (κ1) is 23.1. The molecule has 0 atom stereocenters. The van der Waals surface area contributed by atoms with Crippen LogP contribution in [0.4, 0.5) is 4.39 Å². The largest absolute Gasteiger partial charge is 0.493 e. The standard InChI is InChI=1S/C25H22B2FN5O2/c1-14(2)13-35-21-10-15(16-6-8-30-23-18(16)11-32(3)31-23)9-20(28)19(21)12-33-24(34)17-5-4-7-29-22(17)25(33,26)27/h4-11,14H,12-13H2,1-3H3. The molecule has 4 radical (unpaired) electrons. The maximum absolute atomic E-state index is 15.7. The third-order valence-corrected chi connectivity index (χ3v) is 6.00. The van der Waals surface area contributed by atoms with Crippen LogP contribution in [0.3, 0.4) is 0 Å². The Hall–Kier alpha value is -3.68. The number of hydrogen-bond donors (Lipinski definition) is 0. The van der Waals surface area contributed by atoms with Crippen molar-refractivity contribution in [3.8, 4) is 16.9 Å². The lowest BCUT2D eigenvalue weighted by Crippen LogP contribution is -2.45. The first-order valence-electron chi connectivity index (χ1n) is 11.3. The molecule has 1 aliphatic heterocycles. The van der Waals surface area contributed by atoms with Crippen molar-refractivity contribution in [3.63, 3.8) is 0 Å². The zero-order valence-electron chi connectivity index (χ0n) is 19.7. The summed E-state index contributed by atoms with van der Waals surface area (Å²) in [5.41, 5.74) is 2.67. The monoisotopic (exact) mass is 465 g/mol. The van der Waals surface area contributed by atoms with E-state index in [-0.39, 0.29) is 23.7 Å². The highest BCUT2D eigenvalue weighted by Crippen LogP contribution is 2.38. The number of nitrogens with zero attached hydrogens (tertiary/aromatic N) is 5. The van der Waals surface area contributed by atoms with Crippen LogP contribution in [0.2, 0.25) is 0 Å². The van der Waals surface area contributed by atoms with E-state index in [0.29, 0.717) is 29.1 Å². The second kappa shape index (κ2) is 8.52. The van der Waals surface area contributed by atoms with Gasteiger partial charge in [-0.25, -0.2) is 9.37 Å². The summed E-state index contributed by atoms with van der Waals surface area (Å²) in [5, 5.41) is 3.45. The molecule has 0 bridgehead atoms. The Morgan fingerprint density at radius 1 is 1.14 bits per heavy atom. The molecular weight excluding hydrogens is 443 g/mol. The topological polar surface area (TPSA) is 73.1 Å². The van der Waals surface area contributed by atoms with Gasteiger partial charge < -0.3 is 9.64 Å². The number of carbonyl (C=O) groups excluding carboxylic acids is 1.